The summed E-state index contributed by atoms with van der Waals surface area (Å²) in [6, 6.07) is -0.222. The Morgan fingerprint density at radius 1 is 1.30 bits per heavy atom. The van der Waals surface area contributed by atoms with Crippen molar-refractivity contribution < 1.29 is 4.79 Å². The number of carbonyl (C=O) groups excluding carboxylic acids is 1. The number of rotatable bonds is 3. The molecule has 0 saturated carbocycles. The second-order valence-electron chi connectivity index (χ2n) is 6.65. The van der Waals surface area contributed by atoms with E-state index in [1.807, 2.05) is 25.8 Å². The van der Waals surface area contributed by atoms with Gasteiger partial charge >= 0.3 is 0 Å². The van der Waals surface area contributed by atoms with E-state index in [1.54, 1.807) is 11.0 Å². The number of aryl methyl sites for hydroxylation is 2. The number of carbonyl (C=O) groups is 1. The highest BCUT2D eigenvalue weighted by Crippen LogP contribution is 2.28. The number of nitrogens with zero attached hydrogens (tertiary/aromatic N) is 6. The summed E-state index contributed by atoms with van der Waals surface area (Å²) >= 11 is 0. The van der Waals surface area contributed by atoms with Crippen LogP contribution in [0.3, 0.4) is 0 Å². The molecule has 1 aliphatic heterocycles. The third-order valence-electron chi connectivity index (χ3n) is 4.38. The maximum Gasteiger partial charge on any atom is 0.245 e. The van der Waals surface area contributed by atoms with Gasteiger partial charge in [-0.05, 0) is 19.8 Å². The summed E-state index contributed by atoms with van der Waals surface area (Å²) in [7, 11) is 1.88. The molecule has 1 aliphatic rings. The zero-order chi connectivity index (χ0) is 16.7. The Balaban J connectivity index is 1.96. The minimum Gasteiger partial charge on any atom is -0.342 e. The first-order valence-electron chi connectivity index (χ1n) is 8.10. The van der Waals surface area contributed by atoms with E-state index < -0.39 is 0 Å². The van der Waals surface area contributed by atoms with Crippen LogP contribution >= 0.6 is 0 Å². The van der Waals surface area contributed by atoms with Gasteiger partial charge in [-0.3, -0.25) is 9.48 Å². The van der Waals surface area contributed by atoms with Crippen molar-refractivity contribution in [3.05, 3.63) is 12.0 Å². The van der Waals surface area contributed by atoms with Crippen molar-refractivity contribution >= 4 is 22.8 Å². The Hall–Kier alpha value is -2.18. The number of fused-ring (bicyclic) bond motifs is 1. The Kier molecular flexibility index (Phi) is 3.95. The quantitative estimate of drug-likeness (QED) is 0.855. The number of amides is 1. The molecule has 124 valence electrons. The third-order valence-corrected chi connectivity index (χ3v) is 4.38. The molecule has 7 heteroatoms. The minimum absolute atomic E-state index is 0.165. The molecule has 1 saturated heterocycles. The van der Waals surface area contributed by atoms with E-state index in [0.29, 0.717) is 5.92 Å². The molecule has 3 rings (SSSR count). The van der Waals surface area contributed by atoms with Gasteiger partial charge in [-0.15, -0.1) is 0 Å². The SMILES string of the molecule is Cc1nn(C)c2ncnc(N3CCN(CC(C)C)C(=O)C3C)c12. The fourth-order valence-electron chi connectivity index (χ4n) is 3.32. The zero-order valence-electron chi connectivity index (χ0n) is 14.4. The average molecular weight is 316 g/mol. The van der Waals surface area contributed by atoms with E-state index in [1.165, 1.54) is 0 Å². The van der Waals surface area contributed by atoms with E-state index >= 15 is 0 Å². The van der Waals surface area contributed by atoms with E-state index in [0.717, 1.165) is 42.2 Å². The number of anilines is 1. The van der Waals surface area contributed by atoms with Gasteiger partial charge in [0.15, 0.2) is 5.65 Å². The van der Waals surface area contributed by atoms with Crippen LogP contribution in [0.25, 0.3) is 11.0 Å². The second kappa shape index (κ2) is 5.79. The molecule has 3 heterocycles. The van der Waals surface area contributed by atoms with Crippen LogP contribution in [-0.4, -0.2) is 56.2 Å². The molecule has 2 aromatic rings. The smallest absolute Gasteiger partial charge is 0.245 e. The molecule has 1 fully saturated rings. The van der Waals surface area contributed by atoms with Crippen LogP contribution in [0.2, 0.25) is 0 Å². The molecular weight excluding hydrogens is 292 g/mol. The monoisotopic (exact) mass is 316 g/mol. The third kappa shape index (κ3) is 2.64. The van der Waals surface area contributed by atoms with Crippen molar-refractivity contribution in [1.29, 1.82) is 0 Å². The van der Waals surface area contributed by atoms with Crippen molar-refractivity contribution in [2.75, 3.05) is 24.5 Å². The van der Waals surface area contributed by atoms with Crippen LogP contribution in [-0.2, 0) is 11.8 Å². The second-order valence-corrected chi connectivity index (χ2v) is 6.65. The van der Waals surface area contributed by atoms with E-state index in [2.05, 4.69) is 33.8 Å². The van der Waals surface area contributed by atoms with Crippen LogP contribution in [0.5, 0.6) is 0 Å². The van der Waals surface area contributed by atoms with Crippen molar-refractivity contribution in [1.82, 2.24) is 24.6 Å². The minimum atomic E-state index is -0.222. The van der Waals surface area contributed by atoms with Gasteiger partial charge in [0, 0.05) is 26.7 Å². The summed E-state index contributed by atoms with van der Waals surface area (Å²) in [5.74, 6) is 1.45. The molecule has 1 atom stereocenters. The van der Waals surface area contributed by atoms with E-state index in [-0.39, 0.29) is 11.9 Å². The van der Waals surface area contributed by atoms with Gasteiger partial charge in [0.05, 0.1) is 11.1 Å². The Labute approximate surface area is 136 Å². The summed E-state index contributed by atoms with van der Waals surface area (Å²) in [6.07, 6.45) is 1.55. The van der Waals surface area contributed by atoms with Gasteiger partial charge in [-0.25, -0.2) is 9.97 Å². The summed E-state index contributed by atoms with van der Waals surface area (Å²) in [5.41, 5.74) is 1.69. The predicted molar refractivity (Wildman–Crippen MR) is 89.3 cm³/mol. The normalized spacial score (nSPS) is 19.2. The zero-order valence-corrected chi connectivity index (χ0v) is 14.4. The Morgan fingerprint density at radius 2 is 2.04 bits per heavy atom. The molecule has 1 unspecified atom stereocenters. The molecule has 0 spiro atoms. The van der Waals surface area contributed by atoms with Crippen LogP contribution in [0, 0.1) is 12.8 Å². The summed E-state index contributed by atoms with van der Waals surface area (Å²) in [6.45, 7) is 10.5. The van der Waals surface area contributed by atoms with E-state index in [9.17, 15) is 4.79 Å². The highest BCUT2D eigenvalue weighted by Gasteiger charge is 2.33. The van der Waals surface area contributed by atoms with Gasteiger partial charge in [-0.1, -0.05) is 13.8 Å². The molecule has 23 heavy (non-hydrogen) atoms. The molecule has 0 aliphatic carbocycles. The lowest BCUT2D eigenvalue weighted by molar-refractivity contribution is -0.134. The topological polar surface area (TPSA) is 67.2 Å². The molecule has 0 N–H and O–H groups in total. The van der Waals surface area contributed by atoms with E-state index in [4.69, 9.17) is 0 Å². The van der Waals surface area contributed by atoms with Crippen molar-refractivity contribution in [3.63, 3.8) is 0 Å². The van der Waals surface area contributed by atoms with Gasteiger partial charge in [0.1, 0.15) is 18.2 Å². The van der Waals surface area contributed by atoms with Gasteiger partial charge in [-0.2, -0.15) is 5.10 Å². The number of hydrogen-bond acceptors (Lipinski definition) is 5. The maximum atomic E-state index is 12.7. The molecule has 2 aromatic heterocycles. The predicted octanol–water partition coefficient (Wildman–Crippen LogP) is 1.36. The molecular formula is C16H24N6O. The number of aromatic nitrogens is 4. The molecule has 0 radical (unpaired) electrons. The van der Waals surface area contributed by atoms with Crippen LogP contribution < -0.4 is 4.90 Å². The van der Waals surface area contributed by atoms with Crippen LogP contribution in [0.15, 0.2) is 6.33 Å². The van der Waals surface area contributed by atoms with Crippen molar-refractivity contribution in [2.24, 2.45) is 13.0 Å². The summed E-state index contributed by atoms with van der Waals surface area (Å²) in [5, 5.41) is 5.37. The first-order valence-corrected chi connectivity index (χ1v) is 8.10. The number of hydrogen-bond donors (Lipinski definition) is 0. The maximum absolute atomic E-state index is 12.7. The fraction of sp³-hybridized carbons (Fsp3) is 0.625. The highest BCUT2D eigenvalue weighted by atomic mass is 16.2. The standard InChI is InChI=1S/C16H24N6O/c1-10(2)8-21-6-7-22(12(4)16(21)23)15-13-11(3)19-20(5)14(13)17-9-18-15/h9-10,12H,6-8H2,1-5H3. The van der Waals surface area contributed by atoms with Crippen LogP contribution in [0.4, 0.5) is 5.82 Å². The largest absolute Gasteiger partial charge is 0.342 e. The summed E-state index contributed by atoms with van der Waals surface area (Å²) in [4.78, 5) is 25.5. The summed E-state index contributed by atoms with van der Waals surface area (Å²) < 4.78 is 1.76. The fourth-order valence-corrected chi connectivity index (χ4v) is 3.32. The van der Waals surface area contributed by atoms with Crippen LogP contribution in [0.1, 0.15) is 26.5 Å². The molecule has 7 nitrogen and oxygen atoms in total. The highest BCUT2D eigenvalue weighted by molar-refractivity contribution is 5.93. The van der Waals surface area contributed by atoms with Crippen molar-refractivity contribution in [2.45, 2.75) is 33.7 Å². The Bertz CT molecular complexity index is 737. The Morgan fingerprint density at radius 3 is 2.74 bits per heavy atom. The van der Waals surface area contributed by atoms with Crippen molar-refractivity contribution in [3.8, 4) is 0 Å². The molecule has 0 bridgehead atoms. The van der Waals surface area contributed by atoms with Gasteiger partial charge in [0.25, 0.3) is 0 Å². The first kappa shape index (κ1) is 15.7. The average Bonchev–Trinajstić information content (AvgIpc) is 2.79. The lowest BCUT2D eigenvalue weighted by atomic mass is 10.1. The number of piperazine rings is 1. The molecule has 1 amide bonds. The molecule has 0 aromatic carbocycles. The van der Waals surface area contributed by atoms with Gasteiger partial charge in [0.2, 0.25) is 5.91 Å². The first-order chi connectivity index (χ1) is 10.9. The van der Waals surface area contributed by atoms with Gasteiger partial charge < -0.3 is 9.80 Å². The lowest BCUT2D eigenvalue weighted by Crippen LogP contribution is -2.57. The lowest BCUT2D eigenvalue weighted by Gasteiger charge is -2.40.